The number of aromatic nitrogens is 4. The minimum Gasteiger partial charge on any atom is -0.457 e. The zero-order valence-electron chi connectivity index (χ0n) is 23.5. The normalized spacial score (nSPS) is 11.6. The van der Waals surface area contributed by atoms with Gasteiger partial charge in [-0.3, -0.25) is 9.13 Å². The van der Waals surface area contributed by atoms with Crippen LogP contribution < -0.4 is 4.74 Å². The average molecular weight is 585 g/mol. The zero-order chi connectivity index (χ0) is 29.0. The summed E-state index contributed by atoms with van der Waals surface area (Å²) in [5, 5.41) is 6.85. The molecule has 44 heavy (non-hydrogen) atoms. The van der Waals surface area contributed by atoms with Gasteiger partial charge in [0.25, 0.3) is 0 Å². The van der Waals surface area contributed by atoms with Crippen LogP contribution >= 0.6 is 11.3 Å². The van der Waals surface area contributed by atoms with Crippen molar-refractivity contribution in [2.75, 3.05) is 0 Å². The second kappa shape index (κ2) is 9.93. The van der Waals surface area contributed by atoms with E-state index in [2.05, 4.69) is 111 Å². The summed E-state index contributed by atoms with van der Waals surface area (Å²) >= 11 is 1.68. The zero-order valence-corrected chi connectivity index (χ0v) is 24.3. The van der Waals surface area contributed by atoms with Crippen LogP contribution in [-0.2, 0) is 0 Å². The molecule has 0 N–H and O–H groups in total. The van der Waals surface area contributed by atoms with Crippen molar-refractivity contribution in [1.82, 2.24) is 19.1 Å². The maximum Gasteiger partial charge on any atom is 0.137 e. The fourth-order valence-electron chi connectivity index (χ4n) is 6.24. The van der Waals surface area contributed by atoms with Gasteiger partial charge in [0, 0.05) is 39.4 Å². The summed E-state index contributed by atoms with van der Waals surface area (Å²) in [4.78, 5) is 9.50. The summed E-state index contributed by atoms with van der Waals surface area (Å²) < 4.78 is 11.0. The second-order valence-corrected chi connectivity index (χ2v) is 11.7. The van der Waals surface area contributed by atoms with Crippen LogP contribution in [0.2, 0.25) is 0 Å². The van der Waals surface area contributed by atoms with Gasteiger partial charge in [0.15, 0.2) is 0 Å². The van der Waals surface area contributed by atoms with Crippen molar-refractivity contribution >= 4 is 54.9 Å². The minimum absolute atomic E-state index is 0.760. The molecule has 5 nitrogen and oxygen atoms in total. The molecule has 0 aliphatic rings. The van der Waals surface area contributed by atoms with Gasteiger partial charge in [-0.2, -0.15) is 0 Å². The van der Waals surface area contributed by atoms with E-state index in [1.54, 1.807) is 11.3 Å². The van der Waals surface area contributed by atoms with Crippen LogP contribution in [0.3, 0.4) is 0 Å². The highest BCUT2D eigenvalue weighted by molar-refractivity contribution is 7.17. The molecule has 4 aromatic heterocycles. The Bertz CT molecular complexity index is 2440. The van der Waals surface area contributed by atoms with E-state index >= 15 is 0 Å². The summed E-state index contributed by atoms with van der Waals surface area (Å²) in [6.45, 7) is 0. The minimum atomic E-state index is 0.760. The number of nitrogens with zero attached hydrogens (tertiary/aromatic N) is 4. The monoisotopic (exact) mass is 584 g/mol. The topological polar surface area (TPSA) is 44.9 Å². The Morgan fingerprint density at radius 2 is 1.14 bits per heavy atom. The molecule has 0 saturated heterocycles. The highest BCUT2D eigenvalue weighted by Crippen LogP contribution is 2.38. The average Bonchev–Trinajstić information content (AvgIpc) is 3.78. The summed E-state index contributed by atoms with van der Waals surface area (Å²) in [6.07, 6.45) is 3.80. The second-order valence-electron chi connectivity index (χ2n) is 10.7. The molecule has 5 aromatic carbocycles. The molecule has 0 atom stereocenters. The molecule has 0 saturated carbocycles. The summed E-state index contributed by atoms with van der Waals surface area (Å²) in [7, 11) is 0. The van der Waals surface area contributed by atoms with E-state index in [4.69, 9.17) is 9.72 Å². The van der Waals surface area contributed by atoms with Gasteiger partial charge in [0.2, 0.25) is 0 Å². The van der Waals surface area contributed by atoms with Crippen LogP contribution in [0.25, 0.3) is 65.0 Å². The fourth-order valence-corrected chi connectivity index (χ4v) is 7.18. The first-order valence-corrected chi connectivity index (χ1v) is 15.3. The molecule has 0 bridgehead atoms. The Balaban J connectivity index is 1.09. The Hall–Kier alpha value is -5.72. The Morgan fingerprint density at radius 3 is 1.84 bits per heavy atom. The summed E-state index contributed by atoms with van der Waals surface area (Å²) in [6, 6.07) is 45.9. The molecule has 0 fully saturated rings. The summed E-state index contributed by atoms with van der Waals surface area (Å²) in [5.41, 5.74) is 5.54. The third-order valence-corrected chi connectivity index (χ3v) is 9.17. The molecule has 9 aromatic rings. The van der Waals surface area contributed by atoms with Crippen molar-refractivity contribution in [2.45, 2.75) is 0 Å². The molecular formula is C38H24N4OS. The highest BCUT2D eigenvalue weighted by atomic mass is 32.1. The number of hydrogen-bond donors (Lipinski definition) is 0. The smallest absolute Gasteiger partial charge is 0.137 e. The number of fused-ring (bicyclic) bond motifs is 6. The van der Waals surface area contributed by atoms with Gasteiger partial charge in [-0.1, -0.05) is 84.1 Å². The van der Waals surface area contributed by atoms with Crippen LogP contribution in [0.15, 0.2) is 146 Å². The Kier molecular flexibility index (Phi) is 5.61. The lowest BCUT2D eigenvalue weighted by Crippen LogP contribution is -1.96. The van der Waals surface area contributed by atoms with Gasteiger partial charge in [0.1, 0.15) is 27.3 Å². The number of rotatable bonds is 5. The predicted octanol–water partition coefficient (Wildman–Crippen LogP) is 10.2. The van der Waals surface area contributed by atoms with Crippen LogP contribution in [0.4, 0.5) is 0 Å². The largest absolute Gasteiger partial charge is 0.457 e. The van der Waals surface area contributed by atoms with Crippen LogP contribution in [0.5, 0.6) is 11.5 Å². The number of para-hydroxylation sites is 3. The molecule has 0 aliphatic carbocycles. The number of thiazole rings is 1. The van der Waals surface area contributed by atoms with E-state index < -0.39 is 0 Å². The van der Waals surface area contributed by atoms with Crippen LogP contribution in [0.1, 0.15) is 0 Å². The number of pyridine rings is 1. The lowest BCUT2D eigenvalue weighted by molar-refractivity contribution is 0.483. The van der Waals surface area contributed by atoms with Crippen molar-refractivity contribution in [3.05, 3.63) is 146 Å². The lowest BCUT2D eigenvalue weighted by atomic mass is 10.1. The third-order valence-electron chi connectivity index (χ3n) is 8.13. The van der Waals surface area contributed by atoms with E-state index in [0.717, 1.165) is 49.3 Å². The maximum atomic E-state index is 6.47. The van der Waals surface area contributed by atoms with E-state index in [9.17, 15) is 0 Å². The molecule has 0 unspecified atom stereocenters. The molecule has 6 heteroatoms. The maximum absolute atomic E-state index is 6.47. The van der Waals surface area contributed by atoms with Crippen LogP contribution in [0, 0.1) is 0 Å². The van der Waals surface area contributed by atoms with Crippen LogP contribution in [-0.4, -0.2) is 19.1 Å². The molecule has 0 amide bonds. The van der Waals surface area contributed by atoms with Gasteiger partial charge in [-0.15, -0.1) is 0 Å². The molecule has 208 valence electrons. The predicted molar refractivity (Wildman–Crippen MR) is 181 cm³/mol. The SMILES string of the molecule is c1ccc(-n2c3ccccc3c3ccc(Oc4cccc(-c5ncc(-n6c7ccccc7c7ccccc76)s5)c4)cc32)nc1. The van der Waals surface area contributed by atoms with E-state index in [1.165, 1.54) is 27.2 Å². The first-order valence-electron chi connectivity index (χ1n) is 14.5. The van der Waals surface area contributed by atoms with Gasteiger partial charge in [0.05, 0.1) is 28.3 Å². The van der Waals surface area contributed by atoms with Crippen molar-refractivity contribution in [3.63, 3.8) is 0 Å². The van der Waals surface area contributed by atoms with Crippen molar-refractivity contribution in [3.8, 4) is 32.9 Å². The van der Waals surface area contributed by atoms with Crippen molar-refractivity contribution in [2.24, 2.45) is 0 Å². The first-order chi connectivity index (χ1) is 21.8. The molecule has 9 rings (SSSR count). The highest BCUT2D eigenvalue weighted by Gasteiger charge is 2.16. The van der Waals surface area contributed by atoms with E-state index in [0.29, 0.717) is 0 Å². The van der Waals surface area contributed by atoms with Crippen molar-refractivity contribution in [1.29, 1.82) is 0 Å². The number of hydrogen-bond acceptors (Lipinski definition) is 4. The van der Waals surface area contributed by atoms with Gasteiger partial charge >= 0.3 is 0 Å². The first kappa shape index (κ1) is 24.8. The molecular weight excluding hydrogens is 561 g/mol. The quantitative estimate of drug-likeness (QED) is 0.202. The standard InChI is InChI=1S/C38H24N4OS/c1-4-15-32-30(14-1)31-20-19-27(23-35(31)41(32)36-18-7-8-21-39-36)43-26-11-9-10-25(22-26)38-40-24-37(44-38)42-33-16-5-2-12-28(33)29-13-3-6-17-34(29)42/h1-24H. The molecule has 0 aliphatic heterocycles. The fraction of sp³-hybridized carbons (Fsp3) is 0. The molecule has 4 heterocycles. The van der Waals surface area contributed by atoms with Gasteiger partial charge in [-0.25, -0.2) is 9.97 Å². The Morgan fingerprint density at radius 1 is 0.500 bits per heavy atom. The van der Waals surface area contributed by atoms with Gasteiger partial charge in [-0.05, 0) is 54.6 Å². The number of benzene rings is 5. The summed E-state index contributed by atoms with van der Waals surface area (Å²) in [5.74, 6) is 2.40. The van der Waals surface area contributed by atoms with E-state index in [-0.39, 0.29) is 0 Å². The lowest BCUT2D eigenvalue weighted by Gasteiger charge is -2.09. The van der Waals surface area contributed by atoms with Gasteiger partial charge < -0.3 is 4.74 Å². The third kappa shape index (κ3) is 3.92. The van der Waals surface area contributed by atoms with E-state index in [1.807, 2.05) is 48.8 Å². The number of ether oxygens (including phenoxy) is 1. The Labute approximate surface area is 256 Å². The van der Waals surface area contributed by atoms with Crippen molar-refractivity contribution < 1.29 is 4.74 Å². The molecule has 0 spiro atoms. The molecule has 0 radical (unpaired) electrons.